The number of likely N-dealkylation sites (tertiary alicyclic amines) is 1. The minimum Gasteiger partial charge on any atom is -0.480 e. The van der Waals surface area contributed by atoms with Gasteiger partial charge in [0, 0.05) is 12.0 Å². The van der Waals surface area contributed by atoms with Gasteiger partial charge in [-0.25, -0.2) is 4.79 Å². The molecule has 0 aliphatic carbocycles. The second-order valence-electron chi connectivity index (χ2n) is 8.43. The summed E-state index contributed by atoms with van der Waals surface area (Å²) in [5.41, 5.74) is -0.845. The molecule has 2 aliphatic rings. The van der Waals surface area contributed by atoms with Crippen LogP contribution in [0.2, 0.25) is 0 Å². The average molecular weight is 415 g/mol. The van der Waals surface area contributed by atoms with E-state index in [-0.39, 0.29) is 0 Å². The molecule has 7 nitrogen and oxygen atoms in total. The molecule has 1 saturated heterocycles. The lowest BCUT2D eigenvalue weighted by atomic mass is 9.81. The number of piperidine rings is 1. The van der Waals surface area contributed by atoms with Crippen molar-refractivity contribution < 1.29 is 29.0 Å². The molecule has 0 bridgehead atoms. The summed E-state index contributed by atoms with van der Waals surface area (Å²) in [6, 6.07) is 6.58. The van der Waals surface area contributed by atoms with Crippen LogP contribution in [0.5, 0.6) is 11.5 Å². The lowest BCUT2D eigenvalue weighted by Gasteiger charge is -2.34. The maximum Gasteiger partial charge on any atom is 0.326 e. The third kappa shape index (κ3) is 5.01. The molecule has 1 N–H and O–H groups in total. The number of carboxylic acid groups (broad SMARTS) is 1. The smallest absolute Gasteiger partial charge is 0.326 e. The van der Waals surface area contributed by atoms with Gasteiger partial charge in [-0.3, -0.25) is 9.59 Å². The minimum atomic E-state index is -1.04. The number of aliphatic carboxylic acids is 1. The number of fused-ring (bicyclic) bond motifs is 1. The molecular formula is C23H29NO6. The fourth-order valence-electron chi connectivity index (χ4n) is 3.83. The first-order valence-electron chi connectivity index (χ1n) is 10.5. The maximum atomic E-state index is 12.8. The van der Waals surface area contributed by atoms with Crippen molar-refractivity contribution in [1.82, 2.24) is 4.90 Å². The number of rotatable bonds is 8. The Morgan fingerprint density at radius 2 is 1.83 bits per heavy atom. The second kappa shape index (κ2) is 9.32. The van der Waals surface area contributed by atoms with E-state index in [2.05, 4.69) is 0 Å². The summed E-state index contributed by atoms with van der Waals surface area (Å²) < 4.78 is 11.3. The molecule has 1 unspecified atom stereocenters. The summed E-state index contributed by atoms with van der Waals surface area (Å²) in [5, 5.41) is 9.36. The molecule has 0 saturated carbocycles. The molecule has 0 radical (unpaired) electrons. The van der Waals surface area contributed by atoms with Crippen molar-refractivity contribution in [3.63, 3.8) is 0 Å². The highest BCUT2D eigenvalue weighted by atomic mass is 16.7. The van der Waals surface area contributed by atoms with Crippen molar-refractivity contribution in [2.45, 2.75) is 64.7 Å². The fourth-order valence-corrected chi connectivity index (χ4v) is 3.83. The first-order valence-corrected chi connectivity index (χ1v) is 10.5. The van der Waals surface area contributed by atoms with E-state index in [1.807, 2.05) is 36.4 Å². The molecule has 7 heteroatoms. The van der Waals surface area contributed by atoms with Crippen LogP contribution in [-0.2, 0) is 14.4 Å². The molecule has 2 aliphatic heterocycles. The lowest BCUT2D eigenvalue weighted by molar-refractivity contribution is -0.158. The van der Waals surface area contributed by atoms with Crippen LogP contribution >= 0.6 is 0 Å². The van der Waals surface area contributed by atoms with Crippen LogP contribution in [0.3, 0.4) is 0 Å². The van der Waals surface area contributed by atoms with Gasteiger partial charge in [0.1, 0.15) is 6.04 Å². The van der Waals surface area contributed by atoms with Gasteiger partial charge < -0.3 is 19.5 Å². The Balaban J connectivity index is 1.47. The summed E-state index contributed by atoms with van der Waals surface area (Å²) in [4.78, 5) is 38.2. The highest BCUT2D eigenvalue weighted by Gasteiger charge is 2.40. The van der Waals surface area contributed by atoms with Gasteiger partial charge in [0.15, 0.2) is 11.5 Å². The SMILES string of the molecule is CC(C)(CCC/C=C/C1Oc2ccccc2O1)C(=O)C(=O)N1CCCCC1C(=O)O. The van der Waals surface area contributed by atoms with Gasteiger partial charge in [-0.1, -0.05) is 32.1 Å². The predicted octanol–water partition coefficient (Wildman–Crippen LogP) is 3.57. The standard InChI is InChI=1S/C23H29NO6/c1-23(2,20(25)21(26)24-15-9-7-10-16(24)22(27)28)14-8-3-4-13-19-29-17-11-5-6-12-18(17)30-19/h4-6,11-13,16,19H,3,7-10,14-15H2,1-2H3,(H,27,28)/b13-4+. The zero-order chi connectivity index (χ0) is 21.7. The number of benzene rings is 1. The van der Waals surface area contributed by atoms with Crippen molar-refractivity contribution in [1.29, 1.82) is 0 Å². The molecule has 30 heavy (non-hydrogen) atoms. The van der Waals surface area contributed by atoms with E-state index in [1.165, 1.54) is 4.90 Å². The van der Waals surface area contributed by atoms with Crippen LogP contribution in [-0.4, -0.2) is 46.5 Å². The first-order chi connectivity index (χ1) is 14.3. The van der Waals surface area contributed by atoms with Crippen molar-refractivity contribution >= 4 is 17.7 Å². The topological polar surface area (TPSA) is 93.1 Å². The summed E-state index contributed by atoms with van der Waals surface area (Å²) in [5.74, 6) is -0.799. The number of ketones is 1. The summed E-state index contributed by atoms with van der Waals surface area (Å²) in [7, 11) is 0. The van der Waals surface area contributed by atoms with Crippen molar-refractivity contribution in [3.05, 3.63) is 36.4 Å². The number of unbranched alkanes of at least 4 members (excludes halogenated alkanes) is 1. The van der Waals surface area contributed by atoms with Crippen LogP contribution in [0.4, 0.5) is 0 Å². The van der Waals surface area contributed by atoms with E-state index in [9.17, 15) is 19.5 Å². The van der Waals surface area contributed by atoms with E-state index in [1.54, 1.807) is 13.8 Å². The maximum absolute atomic E-state index is 12.8. The van der Waals surface area contributed by atoms with E-state index in [0.717, 1.165) is 24.3 Å². The number of hydrogen-bond acceptors (Lipinski definition) is 5. The Labute approximate surface area is 176 Å². The minimum absolute atomic E-state index is 0.324. The number of carboxylic acids is 1. The number of allylic oxidation sites excluding steroid dienone is 1. The number of Topliss-reactive ketones (excluding diaryl/α,β-unsaturated/α-hetero) is 1. The van der Waals surface area contributed by atoms with Gasteiger partial charge >= 0.3 is 5.97 Å². The highest BCUT2D eigenvalue weighted by molar-refractivity contribution is 6.38. The summed E-state index contributed by atoms with van der Waals surface area (Å²) in [6.45, 7) is 3.82. The summed E-state index contributed by atoms with van der Waals surface area (Å²) >= 11 is 0. The van der Waals surface area contributed by atoms with Crippen molar-refractivity contribution in [2.75, 3.05) is 6.54 Å². The molecule has 0 spiro atoms. The Kier molecular flexibility index (Phi) is 6.80. The van der Waals surface area contributed by atoms with E-state index in [4.69, 9.17) is 9.47 Å². The van der Waals surface area contributed by atoms with Crippen LogP contribution in [0.25, 0.3) is 0 Å². The molecular weight excluding hydrogens is 386 g/mol. The molecule has 162 valence electrons. The molecule has 1 atom stereocenters. The fraction of sp³-hybridized carbons (Fsp3) is 0.522. The first kappa shape index (κ1) is 21.9. The van der Waals surface area contributed by atoms with E-state index >= 15 is 0 Å². The predicted molar refractivity (Wildman–Crippen MR) is 110 cm³/mol. The highest BCUT2D eigenvalue weighted by Crippen LogP contribution is 2.34. The zero-order valence-corrected chi connectivity index (χ0v) is 17.5. The summed E-state index contributed by atoms with van der Waals surface area (Å²) in [6.07, 6.45) is 7.17. The molecule has 1 aromatic carbocycles. The Bertz CT molecular complexity index is 806. The second-order valence-corrected chi connectivity index (χ2v) is 8.43. The van der Waals surface area contributed by atoms with Gasteiger partial charge in [-0.05, 0) is 56.7 Å². The van der Waals surface area contributed by atoms with Crippen molar-refractivity contribution in [2.24, 2.45) is 5.41 Å². The largest absolute Gasteiger partial charge is 0.480 e. The van der Waals surface area contributed by atoms with Crippen LogP contribution < -0.4 is 9.47 Å². The Hall–Kier alpha value is -2.83. The molecule has 1 aromatic rings. The van der Waals surface area contributed by atoms with E-state index in [0.29, 0.717) is 32.2 Å². The van der Waals surface area contributed by atoms with E-state index < -0.39 is 35.4 Å². The molecule has 0 aromatic heterocycles. The van der Waals surface area contributed by atoms with Gasteiger partial charge in [-0.2, -0.15) is 0 Å². The third-order valence-electron chi connectivity index (χ3n) is 5.66. The van der Waals surface area contributed by atoms with Crippen LogP contribution in [0.15, 0.2) is 36.4 Å². The number of nitrogens with zero attached hydrogens (tertiary/aromatic N) is 1. The van der Waals surface area contributed by atoms with Gasteiger partial charge in [0.2, 0.25) is 5.78 Å². The quantitative estimate of drug-likeness (QED) is 0.396. The normalized spacial score (nSPS) is 19.3. The number of ether oxygens (including phenoxy) is 2. The number of carbonyl (C=O) groups excluding carboxylic acids is 2. The number of carbonyl (C=O) groups is 3. The van der Waals surface area contributed by atoms with Crippen molar-refractivity contribution in [3.8, 4) is 11.5 Å². The lowest BCUT2D eigenvalue weighted by Crippen LogP contribution is -2.52. The molecule has 1 fully saturated rings. The molecule has 1 amide bonds. The van der Waals surface area contributed by atoms with Crippen LogP contribution in [0.1, 0.15) is 52.4 Å². The zero-order valence-electron chi connectivity index (χ0n) is 17.5. The Morgan fingerprint density at radius 3 is 2.47 bits per heavy atom. The number of para-hydroxylation sites is 2. The van der Waals surface area contributed by atoms with Gasteiger partial charge in [-0.15, -0.1) is 0 Å². The average Bonchev–Trinajstić information content (AvgIpc) is 3.15. The molecule has 3 rings (SSSR count). The number of amides is 1. The monoisotopic (exact) mass is 415 g/mol. The van der Waals surface area contributed by atoms with Gasteiger partial charge in [0.25, 0.3) is 12.2 Å². The number of hydrogen-bond donors (Lipinski definition) is 1. The Morgan fingerprint density at radius 1 is 1.17 bits per heavy atom. The third-order valence-corrected chi connectivity index (χ3v) is 5.66. The van der Waals surface area contributed by atoms with Gasteiger partial charge in [0.05, 0.1) is 0 Å². The van der Waals surface area contributed by atoms with Crippen LogP contribution in [0, 0.1) is 5.41 Å². The molecule has 2 heterocycles.